The highest BCUT2D eigenvalue weighted by Crippen LogP contribution is 2.52. The zero-order chi connectivity index (χ0) is 35.5. The summed E-state index contributed by atoms with van der Waals surface area (Å²) < 4.78 is 22.6. The number of nitrogens with zero attached hydrogens (tertiary/aromatic N) is 1. The van der Waals surface area contributed by atoms with Crippen molar-refractivity contribution < 1.29 is 63.3 Å². The first-order chi connectivity index (χ1) is 23.2. The molecule has 2 aromatic carbocycles. The molecular weight excluding hydrogens is 643 g/mol. The Kier molecular flexibility index (Phi) is 9.15. The fourth-order valence-electron chi connectivity index (χ4n) is 7.04. The van der Waals surface area contributed by atoms with Gasteiger partial charge in [0.2, 0.25) is 17.6 Å². The molecule has 2 heterocycles. The molecule has 2 saturated heterocycles. The summed E-state index contributed by atoms with van der Waals surface area (Å²) in [5.74, 6) is -5.04. The monoisotopic (exact) mass is 679 g/mol. The van der Waals surface area contributed by atoms with Crippen molar-refractivity contribution in [2.45, 2.75) is 75.8 Å². The molecule has 0 spiro atoms. The number of likely N-dealkylation sites (tertiary alicyclic amines) is 1. The third-order valence-corrected chi connectivity index (χ3v) is 9.72. The van der Waals surface area contributed by atoms with Gasteiger partial charge in [-0.25, -0.2) is 0 Å². The number of methoxy groups -OCH3 is 1. The molecule has 0 bridgehead atoms. The smallest absolute Gasteiger partial charge is 0.314 e. The standard InChI is InChI=1S/C33H36BN2O13/c1-13-7-21(38)36(32(13)44)12-34-47-11-20(37)33(45)9-16-24(19(10-33)49-22-8-17(35)27(39)14(2)48-22)31(43)26-25(29(16)41)28(40)15-5-4-6-18(46-3)23(15)30(26)42/h4-6,13-14,17,19,22,27,39,41,43,45H,7-12,35H2,1-3H3/t13?,14?,17?,19-,22?,27?,33-/m0/s1. The second-order valence-electron chi connectivity index (χ2n) is 12.9. The number of nitrogens with two attached hydrogens (primary N) is 1. The van der Waals surface area contributed by atoms with Gasteiger partial charge in [-0.05, 0) is 13.0 Å². The van der Waals surface area contributed by atoms with Gasteiger partial charge in [-0.3, -0.25) is 28.9 Å². The number of Topliss-reactive ketones (excluding diaryl/α,β-unsaturated/α-hetero) is 1. The van der Waals surface area contributed by atoms with Crippen molar-refractivity contribution >= 4 is 36.6 Å². The number of hydrogen-bond acceptors (Lipinski definition) is 14. The van der Waals surface area contributed by atoms with Gasteiger partial charge in [-0.2, -0.15) is 0 Å². The highest BCUT2D eigenvalue weighted by molar-refractivity contribution is 6.31. The number of carbonyl (C=O) groups is 5. The summed E-state index contributed by atoms with van der Waals surface area (Å²) in [6.07, 6.45) is -5.58. The molecule has 7 atom stereocenters. The van der Waals surface area contributed by atoms with E-state index in [0.717, 1.165) is 12.4 Å². The molecule has 0 aromatic heterocycles. The van der Waals surface area contributed by atoms with Gasteiger partial charge in [0.25, 0.3) is 0 Å². The molecule has 1 radical (unpaired) electrons. The van der Waals surface area contributed by atoms with Crippen molar-refractivity contribution in [2.75, 3.05) is 20.2 Å². The van der Waals surface area contributed by atoms with E-state index in [1.54, 1.807) is 13.8 Å². The summed E-state index contributed by atoms with van der Waals surface area (Å²) in [5, 5.41) is 45.4. The molecule has 6 N–H and O–H groups in total. The van der Waals surface area contributed by atoms with E-state index in [-0.39, 0.29) is 59.1 Å². The fourth-order valence-corrected chi connectivity index (χ4v) is 7.04. The Morgan fingerprint density at radius 2 is 1.82 bits per heavy atom. The topological polar surface area (TPSA) is 232 Å². The highest BCUT2D eigenvalue weighted by atomic mass is 16.7. The second kappa shape index (κ2) is 12.9. The van der Waals surface area contributed by atoms with E-state index >= 15 is 0 Å². The number of carbonyl (C=O) groups excluding carboxylic acids is 5. The van der Waals surface area contributed by atoms with Crippen LogP contribution in [0.3, 0.4) is 0 Å². The number of amides is 2. The quantitative estimate of drug-likeness (QED) is 0.0867. The summed E-state index contributed by atoms with van der Waals surface area (Å²) in [4.78, 5) is 66.5. The Morgan fingerprint density at radius 1 is 1.10 bits per heavy atom. The predicted octanol–water partition coefficient (Wildman–Crippen LogP) is -0.00270. The Morgan fingerprint density at radius 3 is 2.47 bits per heavy atom. The molecule has 4 aliphatic rings. The average molecular weight is 679 g/mol. The second-order valence-corrected chi connectivity index (χ2v) is 12.9. The zero-order valence-electron chi connectivity index (χ0n) is 27.0. The van der Waals surface area contributed by atoms with E-state index in [9.17, 15) is 44.4 Å². The summed E-state index contributed by atoms with van der Waals surface area (Å²) in [6, 6.07) is 3.57. The number of rotatable bonds is 9. The van der Waals surface area contributed by atoms with Crippen molar-refractivity contribution in [1.82, 2.24) is 4.90 Å². The lowest BCUT2D eigenvalue weighted by atomic mass is 9.71. The minimum Gasteiger partial charge on any atom is -0.507 e. The van der Waals surface area contributed by atoms with Gasteiger partial charge in [0.05, 0.1) is 48.7 Å². The molecule has 2 amide bonds. The molecule has 49 heavy (non-hydrogen) atoms. The number of imide groups is 1. The van der Waals surface area contributed by atoms with Crippen molar-refractivity contribution in [3.8, 4) is 17.2 Å². The molecular formula is C33H36BN2O13. The van der Waals surface area contributed by atoms with Crippen LogP contribution in [0.4, 0.5) is 0 Å². The van der Waals surface area contributed by atoms with Gasteiger partial charge >= 0.3 is 7.48 Å². The molecule has 6 rings (SSSR count). The molecule has 2 aromatic rings. The third-order valence-electron chi connectivity index (χ3n) is 9.72. The van der Waals surface area contributed by atoms with Crippen molar-refractivity contribution in [2.24, 2.45) is 11.7 Å². The summed E-state index contributed by atoms with van der Waals surface area (Å²) in [6.45, 7) is 2.49. The van der Waals surface area contributed by atoms with Crippen molar-refractivity contribution in [1.29, 1.82) is 0 Å². The highest BCUT2D eigenvalue weighted by Gasteiger charge is 2.50. The lowest BCUT2D eigenvalue weighted by Crippen LogP contribution is -2.53. The maximum atomic E-state index is 13.9. The van der Waals surface area contributed by atoms with Crippen molar-refractivity contribution in [3.63, 3.8) is 0 Å². The Hall–Kier alpha value is -4.19. The number of aliphatic hydroxyl groups is 2. The van der Waals surface area contributed by atoms with Crippen LogP contribution >= 0.6 is 0 Å². The van der Waals surface area contributed by atoms with Crippen LogP contribution in [0.15, 0.2) is 18.2 Å². The molecule has 259 valence electrons. The maximum Gasteiger partial charge on any atom is 0.314 e. The summed E-state index contributed by atoms with van der Waals surface area (Å²) >= 11 is 0. The van der Waals surface area contributed by atoms with Gasteiger partial charge in [-0.15, -0.1) is 0 Å². The van der Waals surface area contributed by atoms with E-state index in [2.05, 4.69) is 0 Å². The molecule has 2 aliphatic heterocycles. The number of hydrogen-bond donors (Lipinski definition) is 5. The molecule has 15 nitrogen and oxygen atoms in total. The van der Waals surface area contributed by atoms with E-state index < -0.39 is 102 Å². The van der Waals surface area contributed by atoms with Gasteiger partial charge in [0.15, 0.2) is 17.9 Å². The number of benzene rings is 2. The van der Waals surface area contributed by atoms with Crippen LogP contribution in [0, 0.1) is 5.92 Å². The number of phenolic OH excluding ortho intramolecular Hbond substituents is 2. The first kappa shape index (κ1) is 34.7. The van der Waals surface area contributed by atoms with Crippen LogP contribution in [-0.2, 0) is 34.9 Å². The average Bonchev–Trinajstić information content (AvgIpc) is 3.30. The zero-order valence-corrected chi connectivity index (χ0v) is 27.0. The number of phenols is 2. The summed E-state index contributed by atoms with van der Waals surface area (Å²) in [5.41, 5.74) is 2.24. The van der Waals surface area contributed by atoms with E-state index in [4.69, 9.17) is 24.6 Å². The Balaban J connectivity index is 1.35. The molecule has 0 saturated carbocycles. The lowest BCUT2D eigenvalue weighted by Gasteiger charge is -2.42. The van der Waals surface area contributed by atoms with Crippen molar-refractivity contribution in [3.05, 3.63) is 51.6 Å². The first-order valence-electron chi connectivity index (χ1n) is 15.8. The third kappa shape index (κ3) is 5.81. The molecule has 16 heteroatoms. The maximum absolute atomic E-state index is 13.9. The van der Waals surface area contributed by atoms with E-state index in [0.29, 0.717) is 0 Å². The number of aliphatic hydroxyl groups excluding tert-OH is 1. The van der Waals surface area contributed by atoms with Gasteiger partial charge in [-0.1, -0.05) is 19.1 Å². The number of fused-ring (bicyclic) bond motifs is 3. The lowest BCUT2D eigenvalue weighted by molar-refractivity contribution is -0.247. The van der Waals surface area contributed by atoms with Crippen LogP contribution in [0.1, 0.15) is 82.2 Å². The van der Waals surface area contributed by atoms with Crippen LogP contribution in [0.25, 0.3) is 0 Å². The Bertz CT molecular complexity index is 1750. The largest absolute Gasteiger partial charge is 0.507 e. The number of ketones is 3. The molecule has 2 aliphatic carbocycles. The SMILES string of the molecule is COc1cccc2c1C(=O)c1c(O)c3c(c(O)c1C2=O)C[C@@](O)(C(=O)CO[B]CN1C(=O)CC(C)C1=O)C[C@@H]3OC1CC(N)C(O)C(C)O1. The minimum absolute atomic E-state index is 0.0198. The van der Waals surface area contributed by atoms with Gasteiger partial charge in [0, 0.05) is 60.8 Å². The van der Waals surface area contributed by atoms with Gasteiger partial charge < -0.3 is 45.0 Å². The van der Waals surface area contributed by atoms with E-state index in [1.807, 2.05) is 0 Å². The molecule has 5 unspecified atom stereocenters. The Labute approximate surface area is 281 Å². The van der Waals surface area contributed by atoms with Crippen LogP contribution in [0.2, 0.25) is 0 Å². The van der Waals surface area contributed by atoms with E-state index in [1.165, 1.54) is 25.3 Å². The van der Waals surface area contributed by atoms with Crippen LogP contribution < -0.4 is 10.5 Å². The minimum atomic E-state index is -2.30. The van der Waals surface area contributed by atoms with Crippen LogP contribution in [0.5, 0.6) is 17.2 Å². The summed E-state index contributed by atoms with van der Waals surface area (Å²) in [7, 11) is 2.41. The van der Waals surface area contributed by atoms with Gasteiger partial charge in [0.1, 0.15) is 22.8 Å². The molecule has 2 fully saturated rings. The predicted molar refractivity (Wildman–Crippen MR) is 167 cm³/mol. The first-order valence-corrected chi connectivity index (χ1v) is 15.8. The number of ether oxygens (including phenoxy) is 3. The van der Waals surface area contributed by atoms with Crippen LogP contribution in [-0.4, -0.2) is 112 Å². The number of aromatic hydroxyl groups is 2. The fraction of sp³-hybridized carbons (Fsp3) is 0.485. The normalized spacial score (nSPS) is 29.4.